The third-order valence-corrected chi connectivity index (χ3v) is 6.24. The number of benzene rings is 1. The number of H-pyrrole nitrogens is 1. The number of rotatable bonds is 2. The van der Waals surface area contributed by atoms with E-state index < -0.39 is 23.9 Å². The van der Waals surface area contributed by atoms with Crippen LogP contribution in [0.3, 0.4) is 0 Å². The second kappa shape index (κ2) is 7.21. The zero-order valence-electron chi connectivity index (χ0n) is 17.4. The number of nitrogens with one attached hydrogen (secondary N) is 1. The van der Waals surface area contributed by atoms with Crippen molar-refractivity contribution in [1.82, 2.24) is 14.9 Å². The van der Waals surface area contributed by atoms with Gasteiger partial charge in [-0.25, -0.2) is 4.98 Å². The Hall–Kier alpha value is -3.11. The van der Waals surface area contributed by atoms with Gasteiger partial charge in [0.1, 0.15) is 11.5 Å². The smallest absolute Gasteiger partial charge is 0.383 e. The number of likely N-dealkylation sites (N-methyl/N-ethyl adjacent to an activating group) is 1. The van der Waals surface area contributed by atoms with Gasteiger partial charge in [0.15, 0.2) is 0 Å². The van der Waals surface area contributed by atoms with E-state index in [1.54, 1.807) is 20.0 Å². The average Bonchev–Trinajstić information content (AvgIpc) is 3.39. The van der Waals surface area contributed by atoms with Gasteiger partial charge in [0.25, 0.3) is 5.91 Å². The van der Waals surface area contributed by atoms with Crippen LogP contribution in [0.25, 0.3) is 11.0 Å². The maximum atomic E-state index is 13.3. The summed E-state index contributed by atoms with van der Waals surface area (Å²) >= 11 is 0. The van der Waals surface area contributed by atoms with Crippen LogP contribution >= 0.6 is 0 Å². The first-order valence-corrected chi connectivity index (χ1v) is 10.1. The molecule has 2 aliphatic rings. The molecule has 0 radical (unpaired) electrons. The fourth-order valence-corrected chi connectivity index (χ4v) is 4.43. The first kappa shape index (κ1) is 20.8. The van der Waals surface area contributed by atoms with E-state index in [1.807, 2.05) is 0 Å². The molecule has 32 heavy (non-hydrogen) atoms. The van der Waals surface area contributed by atoms with Crippen molar-refractivity contribution in [2.75, 3.05) is 19.4 Å². The number of aromatic amines is 1. The van der Waals surface area contributed by atoms with Gasteiger partial charge in [0.2, 0.25) is 0 Å². The van der Waals surface area contributed by atoms with Gasteiger partial charge in [0.05, 0.1) is 48.6 Å². The predicted octanol–water partition coefficient (Wildman–Crippen LogP) is 4.10. The SMILES string of the molecule is C[C@H]1OC[C@@H](N(C)C(=O)c2cc3nc(N)c4c(c3[nH]2)COC4)c2ccc(C(F)(F)F)cc21. The third kappa shape index (κ3) is 3.21. The van der Waals surface area contributed by atoms with Crippen LogP contribution in [0.2, 0.25) is 0 Å². The fraction of sp³-hybridized carbons (Fsp3) is 0.364. The molecule has 1 aromatic carbocycles. The monoisotopic (exact) mass is 446 g/mol. The molecule has 168 valence electrons. The van der Waals surface area contributed by atoms with Crippen LogP contribution in [0, 0.1) is 0 Å². The van der Waals surface area contributed by atoms with Crippen LogP contribution in [0.4, 0.5) is 19.0 Å². The number of anilines is 1. The topological polar surface area (TPSA) is 93.5 Å². The Balaban J connectivity index is 1.49. The number of carbonyl (C=O) groups is 1. The van der Waals surface area contributed by atoms with E-state index in [0.717, 1.165) is 23.3 Å². The molecule has 2 aliphatic heterocycles. The maximum Gasteiger partial charge on any atom is 0.416 e. The number of ether oxygens (including phenoxy) is 2. The van der Waals surface area contributed by atoms with Gasteiger partial charge in [-0.15, -0.1) is 0 Å². The second-order valence-corrected chi connectivity index (χ2v) is 8.14. The number of amides is 1. The van der Waals surface area contributed by atoms with Gasteiger partial charge in [-0.2, -0.15) is 13.2 Å². The lowest BCUT2D eigenvalue weighted by molar-refractivity contribution is -0.137. The van der Waals surface area contributed by atoms with Crippen molar-refractivity contribution in [3.05, 3.63) is 57.8 Å². The molecule has 10 heteroatoms. The van der Waals surface area contributed by atoms with E-state index in [-0.39, 0.29) is 12.5 Å². The van der Waals surface area contributed by atoms with E-state index in [1.165, 1.54) is 11.0 Å². The maximum absolute atomic E-state index is 13.3. The zero-order valence-corrected chi connectivity index (χ0v) is 17.4. The molecule has 4 heterocycles. The fourth-order valence-electron chi connectivity index (χ4n) is 4.43. The van der Waals surface area contributed by atoms with Gasteiger partial charge in [-0.3, -0.25) is 4.79 Å². The first-order chi connectivity index (χ1) is 15.1. The van der Waals surface area contributed by atoms with Crippen LogP contribution in [-0.4, -0.2) is 34.4 Å². The Kier molecular flexibility index (Phi) is 4.68. The Bertz CT molecular complexity index is 1240. The summed E-state index contributed by atoms with van der Waals surface area (Å²) in [7, 11) is 1.61. The molecule has 3 N–H and O–H groups in total. The molecule has 7 nitrogen and oxygen atoms in total. The van der Waals surface area contributed by atoms with Crippen molar-refractivity contribution in [2.24, 2.45) is 0 Å². The molecule has 5 rings (SSSR count). The Morgan fingerprint density at radius 3 is 2.72 bits per heavy atom. The summed E-state index contributed by atoms with van der Waals surface area (Å²) in [5.74, 6) is 0.0451. The van der Waals surface area contributed by atoms with Crippen molar-refractivity contribution in [2.45, 2.75) is 38.5 Å². The number of carbonyl (C=O) groups excluding carboxylic acids is 1. The number of nitrogens with two attached hydrogens (primary N) is 1. The molecule has 0 fully saturated rings. The predicted molar refractivity (Wildman–Crippen MR) is 110 cm³/mol. The number of pyridine rings is 1. The number of nitrogen functional groups attached to an aromatic ring is 1. The molecular weight excluding hydrogens is 425 g/mol. The van der Waals surface area contributed by atoms with Crippen molar-refractivity contribution >= 4 is 22.8 Å². The van der Waals surface area contributed by atoms with E-state index >= 15 is 0 Å². The first-order valence-electron chi connectivity index (χ1n) is 10.1. The van der Waals surface area contributed by atoms with Gasteiger partial charge < -0.3 is 25.1 Å². The van der Waals surface area contributed by atoms with Gasteiger partial charge in [-0.1, -0.05) is 6.07 Å². The molecule has 0 saturated carbocycles. The Labute approximate surface area is 181 Å². The zero-order chi connectivity index (χ0) is 22.8. The molecule has 3 aromatic rings. The summed E-state index contributed by atoms with van der Waals surface area (Å²) < 4.78 is 50.7. The standard InChI is InChI=1S/C22H21F3N4O3/c1-10-13-5-11(22(23,24)25)3-4-12(13)18(9-32-10)29(2)21(30)17-6-16-19(27-17)14-7-31-8-15(14)20(26)28-16/h3-6,10,18,27H,7-9H2,1-2H3,(H2,26,28)/t10-,18-/m1/s1. The number of alkyl halides is 3. The van der Waals surface area contributed by atoms with Crippen molar-refractivity contribution in [1.29, 1.82) is 0 Å². The molecule has 0 spiro atoms. The summed E-state index contributed by atoms with van der Waals surface area (Å²) in [6.07, 6.45) is -4.96. The number of nitrogens with zero attached hydrogens (tertiary/aromatic N) is 2. The van der Waals surface area contributed by atoms with Gasteiger partial charge in [-0.05, 0) is 36.2 Å². The Morgan fingerprint density at radius 1 is 1.22 bits per heavy atom. The molecule has 0 saturated heterocycles. The quantitative estimate of drug-likeness (QED) is 0.618. The molecule has 2 aromatic heterocycles. The highest BCUT2D eigenvalue weighted by molar-refractivity contribution is 5.98. The summed E-state index contributed by atoms with van der Waals surface area (Å²) in [6.45, 7) is 2.64. The van der Waals surface area contributed by atoms with Crippen LogP contribution in [0.1, 0.15) is 57.4 Å². The van der Waals surface area contributed by atoms with Crippen molar-refractivity contribution < 1.29 is 27.4 Å². The lowest BCUT2D eigenvalue weighted by Crippen LogP contribution is -2.37. The molecule has 0 aliphatic carbocycles. The van der Waals surface area contributed by atoms with E-state index in [2.05, 4.69) is 9.97 Å². The minimum absolute atomic E-state index is 0.177. The Morgan fingerprint density at radius 2 is 1.97 bits per heavy atom. The number of hydrogen-bond donors (Lipinski definition) is 2. The van der Waals surface area contributed by atoms with Crippen LogP contribution in [0.5, 0.6) is 0 Å². The number of halogens is 3. The van der Waals surface area contributed by atoms with Gasteiger partial charge >= 0.3 is 6.18 Å². The normalized spacial score (nSPS) is 20.3. The summed E-state index contributed by atoms with van der Waals surface area (Å²) in [4.78, 5) is 22.3. The van der Waals surface area contributed by atoms with Gasteiger partial charge in [0, 0.05) is 18.2 Å². The highest BCUT2D eigenvalue weighted by atomic mass is 19.4. The lowest BCUT2D eigenvalue weighted by Gasteiger charge is -2.36. The second-order valence-electron chi connectivity index (χ2n) is 8.14. The highest BCUT2D eigenvalue weighted by Gasteiger charge is 2.36. The number of aromatic nitrogens is 2. The molecule has 0 unspecified atom stereocenters. The van der Waals surface area contributed by atoms with Crippen LogP contribution < -0.4 is 5.73 Å². The highest BCUT2D eigenvalue weighted by Crippen LogP contribution is 2.40. The average molecular weight is 446 g/mol. The molecular formula is C22H21F3N4O3. The van der Waals surface area contributed by atoms with Crippen LogP contribution in [0.15, 0.2) is 24.3 Å². The minimum atomic E-state index is -4.45. The minimum Gasteiger partial charge on any atom is -0.383 e. The largest absolute Gasteiger partial charge is 0.416 e. The van der Waals surface area contributed by atoms with E-state index in [0.29, 0.717) is 46.9 Å². The van der Waals surface area contributed by atoms with E-state index in [4.69, 9.17) is 15.2 Å². The van der Waals surface area contributed by atoms with Crippen LogP contribution in [-0.2, 0) is 28.9 Å². The van der Waals surface area contributed by atoms with E-state index in [9.17, 15) is 18.0 Å². The summed E-state index contributed by atoms with van der Waals surface area (Å²) in [5.41, 5.74) is 9.61. The molecule has 0 bridgehead atoms. The van der Waals surface area contributed by atoms with Crippen molar-refractivity contribution in [3.8, 4) is 0 Å². The number of fused-ring (bicyclic) bond motifs is 4. The summed E-state index contributed by atoms with van der Waals surface area (Å²) in [6, 6.07) is 4.67. The number of hydrogen-bond acceptors (Lipinski definition) is 5. The molecule has 2 atom stereocenters. The summed E-state index contributed by atoms with van der Waals surface area (Å²) in [5, 5.41) is 0. The third-order valence-electron chi connectivity index (χ3n) is 6.24. The molecule has 1 amide bonds. The lowest BCUT2D eigenvalue weighted by atomic mass is 9.92. The van der Waals surface area contributed by atoms with Crippen molar-refractivity contribution in [3.63, 3.8) is 0 Å².